The Morgan fingerprint density at radius 1 is 0.571 bits per heavy atom. The zero-order valence-electron chi connectivity index (χ0n) is 8.78. The van der Waals surface area contributed by atoms with Crippen molar-refractivity contribution in [1.29, 1.82) is 0 Å². The fraction of sp³-hybridized carbons (Fsp3) is 1.00. The predicted octanol–water partition coefficient (Wildman–Crippen LogP) is 4.57. The highest BCUT2D eigenvalue weighted by Gasteiger charge is 1.92. The molecule has 0 unspecified atom stereocenters. The Hall–Kier alpha value is 1.40. The van der Waals surface area contributed by atoms with Crippen LogP contribution in [0.1, 0.15) is 38.5 Å². The van der Waals surface area contributed by atoms with Crippen LogP contribution in [0.15, 0.2) is 0 Å². The van der Waals surface area contributed by atoms with Crippen molar-refractivity contribution in [3.63, 3.8) is 0 Å². The number of hydrogen-bond acceptors (Lipinski definition) is 4. The van der Waals surface area contributed by atoms with E-state index < -0.39 is 0 Å². The van der Waals surface area contributed by atoms with E-state index in [0.717, 1.165) is 11.5 Å². The molecular weight excluding hydrogens is 248 g/mol. The Morgan fingerprint density at radius 3 is 1.36 bits per heavy atom. The molecule has 0 rings (SSSR count). The van der Waals surface area contributed by atoms with Crippen LogP contribution in [0, 0.1) is 0 Å². The van der Waals surface area contributed by atoms with E-state index in [9.17, 15) is 0 Å². The minimum Gasteiger partial charge on any atom is -0.179 e. The van der Waals surface area contributed by atoms with E-state index in [0.29, 0.717) is 0 Å². The molecule has 0 aromatic rings. The summed E-state index contributed by atoms with van der Waals surface area (Å²) >= 11 is 8.39. The van der Waals surface area contributed by atoms with Crippen molar-refractivity contribution in [2.24, 2.45) is 0 Å². The molecule has 0 nitrogen and oxygen atoms in total. The summed E-state index contributed by atoms with van der Waals surface area (Å²) in [5.41, 5.74) is 0. The lowest BCUT2D eigenvalue weighted by Gasteiger charge is -2.00. The van der Waals surface area contributed by atoms with Crippen LogP contribution in [0.5, 0.6) is 0 Å². The second-order valence-electron chi connectivity index (χ2n) is 3.21. The number of rotatable bonds is 11. The van der Waals surface area contributed by atoms with Crippen LogP contribution < -0.4 is 0 Å². The lowest BCUT2D eigenvalue weighted by atomic mass is 10.3. The van der Waals surface area contributed by atoms with Gasteiger partial charge in [-0.05, 0) is 37.2 Å². The highest BCUT2D eigenvalue weighted by Crippen LogP contribution is 2.24. The van der Waals surface area contributed by atoms with Gasteiger partial charge < -0.3 is 0 Å². The van der Waals surface area contributed by atoms with Crippen molar-refractivity contribution in [3.05, 3.63) is 0 Å². The maximum Gasteiger partial charge on any atom is 0.00369 e. The number of unbranched alkanes of at least 4 members (excludes halogenated alkanes) is 4. The summed E-state index contributed by atoms with van der Waals surface area (Å²) in [6, 6.07) is 0. The van der Waals surface area contributed by atoms with Crippen LogP contribution >= 0.6 is 46.8 Å². The Morgan fingerprint density at radius 2 is 1.00 bits per heavy atom. The molecule has 0 radical (unpaired) electrons. The van der Waals surface area contributed by atoms with Gasteiger partial charge >= 0.3 is 0 Å². The Bertz CT molecular complexity index is 86.1. The highest BCUT2D eigenvalue weighted by molar-refractivity contribution is 8.76. The standard InChI is InChI=1S/C10H22S4/c11-7-3-1-5-9-13-14-10-6-2-4-8-12/h11-12H,1-10H2. The first-order valence-electron chi connectivity index (χ1n) is 5.38. The molecular formula is C10H22S4. The second-order valence-corrected chi connectivity index (χ2v) is 6.81. The first-order chi connectivity index (χ1) is 6.91. The van der Waals surface area contributed by atoms with Gasteiger partial charge in [-0.1, -0.05) is 34.4 Å². The SMILES string of the molecule is SCCCCCSSCCCCCS. The molecule has 0 aliphatic carbocycles. The first kappa shape index (κ1) is 15.4. The third kappa shape index (κ3) is 13.4. The van der Waals surface area contributed by atoms with Crippen molar-refractivity contribution < 1.29 is 0 Å². The van der Waals surface area contributed by atoms with E-state index in [1.807, 2.05) is 21.6 Å². The molecule has 0 amide bonds. The molecule has 0 saturated carbocycles. The zero-order valence-corrected chi connectivity index (χ0v) is 12.2. The van der Waals surface area contributed by atoms with Crippen molar-refractivity contribution >= 4 is 46.8 Å². The van der Waals surface area contributed by atoms with Crippen LogP contribution in [0.4, 0.5) is 0 Å². The molecule has 86 valence electrons. The largest absolute Gasteiger partial charge is 0.179 e. The first-order valence-corrected chi connectivity index (χ1v) is 9.13. The minimum absolute atomic E-state index is 1.04. The summed E-state index contributed by atoms with van der Waals surface area (Å²) in [5, 5.41) is 0. The summed E-state index contributed by atoms with van der Waals surface area (Å²) in [5.74, 6) is 4.71. The van der Waals surface area contributed by atoms with Gasteiger partial charge in [-0.3, -0.25) is 0 Å². The number of thiol groups is 2. The van der Waals surface area contributed by atoms with Gasteiger partial charge in [-0.2, -0.15) is 25.3 Å². The van der Waals surface area contributed by atoms with Crippen LogP contribution in [0.3, 0.4) is 0 Å². The molecule has 0 aromatic carbocycles. The lowest BCUT2D eigenvalue weighted by molar-refractivity contribution is 0.786. The summed E-state index contributed by atoms with van der Waals surface area (Å²) < 4.78 is 0. The van der Waals surface area contributed by atoms with Gasteiger partial charge in [0.2, 0.25) is 0 Å². The van der Waals surface area contributed by atoms with Crippen molar-refractivity contribution in [2.75, 3.05) is 23.0 Å². The maximum atomic E-state index is 4.19. The smallest absolute Gasteiger partial charge is 0.00369 e. The molecule has 14 heavy (non-hydrogen) atoms. The van der Waals surface area contributed by atoms with Gasteiger partial charge in [0.05, 0.1) is 0 Å². The summed E-state index contributed by atoms with van der Waals surface area (Å²) in [6.45, 7) is 0. The monoisotopic (exact) mass is 270 g/mol. The minimum atomic E-state index is 1.04. The van der Waals surface area contributed by atoms with Crippen molar-refractivity contribution in [2.45, 2.75) is 38.5 Å². The van der Waals surface area contributed by atoms with Gasteiger partial charge in [0.15, 0.2) is 0 Å². The van der Waals surface area contributed by atoms with Crippen LogP contribution in [0.25, 0.3) is 0 Å². The average Bonchev–Trinajstić information content (AvgIpc) is 2.21. The second kappa shape index (κ2) is 14.4. The molecule has 0 fully saturated rings. The molecule has 0 aliphatic heterocycles. The lowest BCUT2D eigenvalue weighted by Crippen LogP contribution is -1.82. The van der Waals surface area contributed by atoms with E-state index in [1.54, 1.807) is 0 Å². The van der Waals surface area contributed by atoms with E-state index in [4.69, 9.17) is 0 Å². The molecule has 0 aromatic heterocycles. The van der Waals surface area contributed by atoms with Gasteiger partial charge in [0.25, 0.3) is 0 Å². The Labute approximate surface area is 108 Å². The van der Waals surface area contributed by atoms with E-state index in [2.05, 4.69) is 25.3 Å². The summed E-state index contributed by atoms with van der Waals surface area (Å²) in [4.78, 5) is 0. The van der Waals surface area contributed by atoms with Crippen molar-refractivity contribution in [1.82, 2.24) is 0 Å². The molecule has 0 aliphatic rings. The highest BCUT2D eigenvalue weighted by atomic mass is 33.1. The molecule has 0 heterocycles. The summed E-state index contributed by atoms with van der Waals surface area (Å²) in [6.07, 6.45) is 7.95. The van der Waals surface area contributed by atoms with Gasteiger partial charge in [-0.15, -0.1) is 0 Å². The fourth-order valence-electron chi connectivity index (χ4n) is 1.02. The quantitative estimate of drug-likeness (QED) is 0.321. The molecule has 0 bridgehead atoms. The molecule has 0 atom stereocenters. The average molecular weight is 271 g/mol. The van der Waals surface area contributed by atoms with Gasteiger partial charge in [0.1, 0.15) is 0 Å². The molecule has 4 heteroatoms. The fourth-order valence-corrected chi connectivity index (χ4v) is 3.76. The molecule has 0 saturated heterocycles. The predicted molar refractivity (Wildman–Crippen MR) is 80.3 cm³/mol. The van der Waals surface area contributed by atoms with Crippen LogP contribution in [-0.4, -0.2) is 23.0 Å². The Kier molecular flexibility index (Phi) is 15.8. The summed E-state index contributed by atoms with van der Waals surface area (Å²) in [7, 11) is 4.07. The van der Waals surface area contributed by atoms with Crippen molar-refractivity contribution in [3.8, 4) is 0 Å². The van der Waals surface area contributed by atoms with E-state index >= 15 is 0 Å². The van der Waals surface area contributed by atoms with Crippen LogP contribution in [0.2, 0.25) is 0 Å². The van der Waals surface area contributed by atoms with Gasteiger partial charge in [-0.25, -0.2) is 0 Å². The van der Waals surface area contributed by atoms with Gasteiger partial charge in [0, 0.05) is 11.5 Å². The topological polar surface area (TPSA) is 0 Å². The zero-order chi connectivity index (χ0) is 10.5. The third-order valence-corrected chi connectivity index (χ3v) is 5.06. The molecule has 0 N–H and O–H groups in total. The maximum absolute atomic E-state index is 4.19. The number of hydrogen-bond donors (Lipinski definition) is 2. The molecule has 0 spiro atoms. The van der Waals surface area contributed by atoms with Crippen LogP contribution in [-0.2, 0) is 0 Å². The van der Waals surface area contributed by atoms with E-state index in [-0.39, 0.29) is 0 Å². The Balaban J connectivity index is 2.78. The normalized spacial score (nSPS) is 10.7. The van der Waals surface area contributed by atoms with E-state index in [1.165, 1.54) is 50.0 Å². The third-order valence-electron chi connectivity index (χ3n) is 1.85.